The summed E-state index contributed by atoms with van der Waals surface area (Å²) in [5.41, 5.74) is 0.522. The summed E-state index contributed by atoms with van der Waals surface area (Å²) in [5.74, 6) is -0.518. The maximum absolute atomic E-state index is 12.3. The number of halogens is 2. The van der Waals surface area contributed by atoms with Gasteiger partial charge in [-0.05, 0) is 24.6 Å². The highest BCUT2D eigenvalue weighted by atomic mass is 35.5. The molecule has 2 rings (SSSR count). The van der Waals surface area contributed by atoms with Gasteiger partial charge in [0, 0.05) is 5.02 Å². The minimum Gasteiger partial charge on any atom is -0.229 e. The van der Waals surface area contributed by atoms with Gasteiger partial charge in [0.05, 0.1) is 27.8 Å². The number of aryl methyl sites for hydroxylation is 1. The van der Waals surface area contributed by atoms with Gasteiger partial charge in [0.25, 0.3) is 0 Å². The molecule has 1 heterocycles. The zero-order valence-corrected chi connectivity index (χ0v) is 13.7. The molecule has 0 radical (unpaired) electrons. The van der Waals surface area contributed by atoms with E-state index in [9.17, 15) is 16.8 Å². The van der Waals surface area contributed by atoms with E-state index in [1.54, 1.807) is 19.1 Å². The molecule has 1 aromatic carbocycles. The third-order valence-corrected chi connectivity index (χ3v) is 7.27. The average molecular weight is 358 g/mol. The number of nitrogens with one attached hydrogen (secondary N) is 1. The van der Waals surface area contributed by atoms with Crippen molar-refractivity contribution in [3.8, 4) is 0 Å². The van der Waals surface area contributed by atoms with E-state index < -0.39 is 31.3 Å². The number of alkyl halides is 1. The van der Waals surface area contributed by atoms with Crippen LogP contribution >= 0.6 is 23.2 Å². The highest BCUT2D eigenvalue weighted by Crippen LogP contribution is 2.23. The van der Waals surface area contributed by atoms with Crippen molar-refractivity contribution >= 4 is 43.1 Å². The first kappa shape index (κ1) is 16.0. The van der Waals surface area contributed by atoms with Gasteiger partial charge in [-0.1, -0.05) is 17.7 Å². The van der Waals surface area contributed by atoms with E-state index in [1.165, 1.54) is 6.07 Å². The van der Waals surface area contributed by atoms with Gasteiger partial charge in [0.15, 0.2) is 9.84 Å². The lowest BCUT2D eigenvalue weighted by Crippen LogP contribution is -2.40. The van der Waals surface area contributed by atoms with Crippen LogP contribution in [0.15, 0.2) is 23.1 Å². The second kappa shape index (κ2) is 5.46. The molecule has 0 spiro atoms. The van der Waals surface area contributed by atoms with Crippen LogP contribution < -0.4 is 4.72 Å². The molecule has 1 saturated heterocycles. The van der Waals surface area contributed by atoms with Gasteiger partial charge in [-0.3, -0.25) is 0 Å². The normalized spacial score (nSPS) is 25.8. The van der Waals surface area contributed by atoms with E-state index in [4.69, 9.17) is 23.2 Å². The summed E-state index contributed by atoms with van der Waals surface area (Å²) < 4.78 is 49.8. The first-order valence-electron chi connectivity index (χ1n) is 5.74. The van der Waals surface area contributed by atoms with Crippen molar-refractivity contribution in [2.45, 2.75) is 23.2 Å². The Labute approximate surface area is 128 Å². The summed E-state index contributed by atoms with van der Waals surface area (Å²) in [5, 5.41) is -0.480. The third kappa shape index (κ3) is 3.46. The lowest BCUT2D eigenvalue weighted by atomic mass is 10.2. The summed E-state index contributed by atoms with van der Waals surface area (Å²) in [6, 6.07) is 3.66. The first-order chi connectivity index (χ1) is 9.11. The number of benzene rings is 1. The zero-order chi connectivity index (χ0) is 15.1. The Morgan fingerprint density at radius 3 is 2.50 bits per heavy atom. The number of sulfone groups is 1. The molecule has 0 bridgehead atoms. The SMILES string of the molecule is Cc1ccc(Cl)cc1S(=O)(=O)N[C@@H]1CS(=O)(=O)C[C@@H]1Cl. The monoisotopic (exact) mass is 357 g/mol. The van der Waals surface area contributed by atoms with Crippen LogP contribution in [0.25, 0.3) is 0 Å². The van der Waals surface area contributed by atoms with Crippen LogP contribution in [0.2, 0.25) is 5.02 Å². The molecule has 0 unspecified atom stereocenters. The van der Waals surface area contributed by atoms with Crippen molar-refractivity contribution in [3.63, 3.8) is 0 Å². The largest absolute Gasteiger partial charge is 0.241 e. The highest BCUT2D eigenvalue weighted by molar-refractivity contribution is 7.92. The minimum absolute atomic E-state index is 0.0261. The Morgan fingerprint density at radius 1 is 1.30 bits per heavy atom. The third-order valence-electron chi connectivity index (χ3n) is 3.03. The fourth-order valence-corrected chi connectivity index (χ4v) is 6.55. The van der Waals surface area contributed by atoms with Gasteiger partial charge in [0.1, 0.15) is 0 Å². The highest BCUT2D eigenvalue weighted by Gasteiger charge is 2.39. The van der Waals surface area contributed by atoms with Crippen LogP contribution in [0.1, 0.15) is 5.56 Å². The Kier molecular flexibility index (Phi) is 4.37. The minimum atomic E-state index is -3.86. The predicted molar refractivity (Wildman–Crippen MR) is 78.6 cm³/mol. The smallest absolute Gasteiger partial charge is 0.229 e. The molecule has 1 aliphatic heterocycles. The molecule has 2 atom stereocenters. The lowest BCUT2D eigenvalue weighted by Gasteiger charge is -2.16. The molecule has 112 valence electrons. The summed E-state index contributed by atoms with van der Waals surface area (Å²) in [4.78, 5) is 0.0261. The van der Waals surface area contributed by atoms with Crippen molar-refractivity contribution in [1.29, 1.82) is 0 Å². The molecule has 9 heteroatoms. The van der Waals surface area contributed by atoms with E-state index >= 15 is 0 Å². The summed E-state index contributed by atoms with van der Waals surface area (Å²) in [6.07, 6.45) is 0. The second-order valence-corrected chi connectivity index (χ2v) is 9.56. The van der Waals surface area contributed by atoms with Gasteiger partial charge in [-0.25, -0.2) is 21.6 Å². The first-order valence-corrected chi connectivity index (χ1v) is 9.85. The molecular weight excluding hydrogens is 345 g/mol. The van der Waals surface area contributed by atoms with E-state index in [0.717, 1.165) is 0 Å². The molecule has 1 fully saturated rings. The van der Waals surface area contributed by atoms with Crippen LogP contribution in [0.4, 0.5) is 0 Å². The van der Waals surface area contributed by atoms with Crippen molar-refractivity contribution in [3.05, 3.63) is 28.8 Å². The molecule has 0 amide bonds. The van der Waals surface area contributed by atoms with Gasteiger partial charge in [-0.15, -0.1) is 11.6 Å². The van der Waals surface area contributed by atoms with Gasteiger partial charge in [0.2, 0.25) is 10.0 Å². The lowest BCUT2D eigenvalue weighted by molar-refractivity contribution is 0.563. The molecule has 0 saturated carbocycles. The van der Waals surface area contributed by atoms with Crippen LogP contribution in [0.3, 0.4) is 0 Å². The van der Waals surface area contributed by atoms with E-state index in [-0.39, 0.29) is 21.4 Å². The molecule has 1 aliphatic rings. The Balaban J connectivity index is 2.31. The summed E-state index contributed by atoms with van der Waals surface area (Å²) in [6.45, 7) is 1.63. The topological polar surface area (TPSA) is 80.3 Å². The van der Waals surface area contributed by atoms with E-state index in [0.29, 0.717) is 5.56 Å². The number of sulfonamides is 1. The van der Waals surface area contributed by atoms with Gasteiger partial charge >= 0.3 is 0 Å². The molecule has 0 aromatic heterocycles. The van der Waals surface area contributed by atoms with Crippen LogP contribution in [-0.2, 0) is 19.9 Å². The molecule has 5 nitrogen and oxygen atoms in total. The van der Waals surface area contributed by atoms with Crippen molar-refractivity contribution in [2.75, 3.05) is 11.5 Å². The van der Waals surface area contributed by atoms with Crippen LogP contribution in [0.5, 0.6) is 0 Å². The van der Waals surface area contributed by atoms with Gasteiger partial charge < -0.3 is 0 Å². The average Bonchev–Trinajstić information content (AvgIpc) is 2.54. The quantitative estimate of drug-likeness (QED) is 0.827. The number of hydrogen-bond donors (Lipinski definition) is 1. The van der Waals surface area contributed by atoms with Crippen LogP contribution in [-0.4, -0.2) is 39.8 Å². The zero-order valence-electron chi connectivity index (χ0n) is 10.5. The molecule has 20 heavy (non-hydrogen) atoms. The van der Waals surface area contributed by atoms with Crippen molar-refractivity contribution in [1.82, 2.24) is 4.72 Å². The molecule has 1 aromatic rings. The van der Waals surface area contributed by atoms with Crippen molar-refractivity contribution < 1.29 is 16.8 Å². The molecule has 1 N–H and O–H groups in total. The van der Waals surface area contributed by atoms with Crippen LogP contribution in [0, 0.1) is 6.92 Å². The Bertz CT molecular complexity index is 731. The Morgan fingerprint density at radius 2 is 1.95 bits per heavy atom. The summed E-state index contributed by atoms with van der Waals surface area (Å²) >= 11 is 11.7. The number of rotatable bonds is 3. The molecular formula is C11H13Cl2NO4S2. The van der Waals surface area contributed by atoms with Gasteiger partial charge in [-0.2, -0.15) is 0 Å². The Hall–Kier alpha value is -0.340. The standard InChI is InChI=1S/C11H13Cl2NO4S2/c1-7-2-3-8(12)4-11(7)20(17,18)14-10-6-19(15,16)5-9(10)13/h2-4,9-10,14H,5-6H2,1H3/t9-,10+/m0/s1. The van der Waals surface area contributed by atoms with E-state index in [1.807, 2.05) is 0 Å². The predicted octanol–water partition coefficient (Wildman–Crippen LogP) is 1.33. The van der Waals surface area contributed by atoms with Crippen molar-refractivity contribution in [2.24, 2.45) is 0 Å². The maximum atomic E-state index is 12.3. The maximum Gasteiger partial charge on any atom is 0.241 e. The summed E-state index contributed by atoms with van der Waals surface area (Å²) in [7, 11) is -7.17. The number of hydrogen-bond acceptors (Lipinski definition) is 4. The fraction of sp³-hybridized carbons (Fsp3) is 0.455. The molecule has 0 aliphatic carbocycles. The second-order valence-electron chi connectivity index (χ2n) is 4.73. The van der Waals surface area contributed by atoms with E-state index in [2.05, 4.69) is 4.72 Å². The fourth-order valence-electron chi connectivity index (χ4n) is 2.04.